The molecule has 7 rings (SSSR count). The van der Waals surface area contributed by atoms with Crippen LogP contribution in [0.25, 0.3) is 11.0 Å². The number of benzene rings is 4. The van der Waals surface area contributed by atoms with Crippen molar-refractivity contribution in [2.24, 2.45) is 0 Å². The molecule has 1 aliphatic heterocycles. The number of nitrogens with one attached hydrogen (secondary N) is 1. The molecule has 4 atom stereocenters. The van der Waals surface area contributed by atoms with Crippen molar-refractivity contribution in [3.8, 4) is 11.5 Å². The molecular weight excluding hydrogens is 685 g/mol. The summed E-state index contributed by atoms with van der Waals surface area (Å²) in [5.41, 5.74) is 2.99. The van der Waals surface area contributed by atoms with Gasteiger partial charge < -0.3 is 34.3 Å². The minimum atomic E-state index is -4.30. The second-order valence-electron chi connectivity index (χ2n) is 12.4. The molecule has 0 radical (unpaired) electrons. The number of aliphatic hydroxyl groups is 2. The second kappa shape index (κ2) is 14.4. The quantitative estimate of drug-likeness (QED) is 0.113. The number of anilines is 1. The van der Waals surface area contributed by atoms with E-state index in [0.717, 1.165) is 22.3 Å². The summed E-state index contributed by atoms with van der Waals surface area (Å²) < 4.78 is 50.5. The molecule has 1 saturated heterocycles. The molecule has 0 aliphatic carbocycles. The molecule has 268 valence electrons. The number of hydrogen-bond donors (Lipinski definition) is 3. The smallest absolute Gasteiger partial charge is 0.297 e. The highest BCUT2D eigenvalue weighted by atomic mass is 32.2. The molecular formula is C39H38N4O8S. The van der Waals surface area contributed by atoms with Crippen LogP contribution in [-0.2, 0) is 24.6 Å². The molecule has 3 heterocycles. The number of aromatic nitrogens is 3. The number of hydrogen-bond acceptors (Lipinski definition) is 11. The van der Waals surface area contributed by atoms with Crippen molar-refractivity contribution in [3.05, 3.63) is 144 Å². The average molecular weight is 723 g/mol. The Morgan fingerprint density at radius 1 is 0.827 bits per heavy atom. The highest BCUT2D eigenvalue weighted by Gasteiger charge is 2.48. The first kappa shape index (κ1) is 35.1. The van der Waals surface area contributed by atoms with Crippen LogP contribution in [0.2, 0.25) is 0 Å². The summed E-state index contributed by atoms with van der Waals surface area (Å²) in [5, 5.41) is 26.0. The summed E-state index contributed by atoms with van der Waals surface area (Å²) in [7, 11) is -1.06. The van der Waals surface area contributed by atoms with E-state index in [4.69, 9.17) is 23.4 Å². The molecule has 1 aliphatic rings. The lowest BCUT2D eigenvalue weighted by molar-refractivity contribution is -0.0500. The summed E-state index contributed by atoms with van der Waals surface area (Å²) >= 11 is 0. The van der Waals surface area contributed by atoms with Crippen molar-refractivity contribution in [2.45, 2.75) is 41.9 Å². The number of nitrogens with zero attached hydrogens (tertiary/aromatic N) is 3. The van der Waals surface area contributed by atoms with Crippen LogP contribution in [0.5, 0.6) is 11.5 Å². The van der Waals surface area contributed by atoms with Gasteiger partial charge in [-0.25, -0.2) is 9.97 Å². The highest BCUT2D eigenvalue weighted by Crippen LogP contribution is 2.43. The lowest BCUT2D eigenvalue weighted by atomic mass is 9.77. The zero-order valence-corrected chi connectivity index (χ0v) is 29.5. The van der Waals surface area contributed by atoms with Crippen LogP contribution in [0.3, 0.4) is 0 Å². The molecule has 0 bridgehead atoms. The predicted molar refractivity (Wildman–Crippen MR) is 194 cm³/mol. The zero-order chi connectivity index (χ0) is 36.5. The van der Waals surface area contributed by atoms with Crippen LogP contribution < -0.4 is 14.8 Å². The number of aliphatic hydroxyl groups excluding tert-OH is 2. The first-order valence-corrected chi connectivity index (χ1v) is 18.0. The fourth-order valence-electron chi connectivity index (χ4n) is 6.66. The third kappa shape index (κ3) is 6.37. The minimum Gasteiger partial charge on any atom is -0.497 e. The summed E-state index contributed by atoms with van der Waals surface area (Å²) in [6.45, 7) is 1.25. The number of ether oxygens (including phenoxy) is 3. The first-order valence-electron chi connectivity index (χ1n) is 16.6. The molecule has 0 saturated carbocycles. The number of fused-ring (bicyclic) bond motifs is 1. The SMILES string of the molecule is COc1ccc(C(Nc2ncnc3c2ccn3[C@@H]2O[C@H](CO)[C@@H](OS(=O)(=O)c3ccc(C)cc3)[C@H]2O)(c2ccccc2)c2ccc(OC)cc2)cc1. The Balaban J connectivity index is 1.30. The lowest BCUT2D eigenvalue weighted by Crippen LogP contribution is -2.38. The van der Waals surface area contributed by atoms with E-state index >= 15 is 0 Å². The Kier molecular flexibility index (Phi) is 9.70. The minimum absolute atomic E-state index is 0.0732. The van der Waals surface area contributed by atoms with Gasteiger partial charge in [0.2, 0.25) is 0 Å². The lowest BCUT2D eigenvalue weighted by Gasteiger charge is -2.37. The first-order chi connectivity index (χ1) is 25.2. The van der Waals surface area contributed by atoms with E-state index in [2.05, 4.69) is 10.3 Å². The predicted octanol–water partition coefficient (Wildman–Crippen LogP) is 5.19. The Hall–Kier alpha value is -5.31. The third-order valence-corrected chi connectivity index (χ3v) is 10.7. The number of rotatable bonds is 12. The van der Waals surface area contributed by atoms with E-state index in [0.29, 0.717) is 28.4 Å². The summed E-state index contributed by atoms with van der Waals surface area (Å²) in [4.78, 5) is 9.17. The van der Waals surface area contributed by atoms with Crippen LogP contribution in [0.1, 0.15) is 28.5 Å². The number of aryl methyl sites for hydroxylation is 1. The van der Waals surface area contributed by atoms with Crippen LogP contribution in [0.4, 0.5) is 5.82 Å². The molecule has 13 heteroatoms. The van der Waals surface area contributed by atoms with Gasteiger partial charge in [0.25, 0.3) is 10.1 Å². The highest BCUT2D eigenvalue weighted by molar-refractivity contribution is 7.86. The van der Waals surface area contributed by atoms with E-state index in [9.17, 15) is 18.6 Å². The summed E-state index contributed by atoms with van der Waals surface area (Å²) in [5.74, 6) is 1.87. The van der Waals surface area contributed by atoms with Gasteiger partial charge in [0.15, 0.2) is 6.23 Å². The summed E-state index contributed by atoms with van der Waals surface area (Å²) in [6.07, 6.45) is -2.09. The molecule has 52 heavy (non-hydrogen) atoms. The van der Waals surface area contributed by atoms with Gasteiger partial charge in [-0.3, -0.25) is 4.18 Å². The van der Waals surface area contributed by atoms with Crippen molar-refractivity contribution >= 4 is 27.0 Å². The second-order valence-corrected chi connectivity index (χ2v) is 14.0. The van der Waals surface area contributed by atoms with E-state index < -0.39 is 46.8 Å². The summed E-state index contributed by atoms with van der Waals surface area (Å²) in [6, 6.07) is 33.5. The standard InChI is InChI=1S/C39H38N4O8S/c1-25-9-19-31(20-10-25)52(46,47)51-35-33(23-44)50-38(34(35)45)43-22-21-32-36(40-24-41-37(32)43)42-39(26-7-5-4-6-8-26,27-11-15-29(48-2)16-12-27)28-13-17-30(49-3)18-14-28/h4-22,24,33-35,38,44-45H,23H2,1-3H3,(H,40,41,42)/t33-,34-,35-,38-/m1/s1. The molecule has 0 unspecified atom stereocenters. The van der Waals surface area contributed by atoms with Crippen molar-refractivity contribution in [3.63, 3.8) is 0 Å². The van der Waals surface area contributed by atoms with Gasteiger partial charge in [0.05, 0.1) is 31.1 Å². The van der Waals surface area contributed by atoms with Crippen molar-refractivity contribution < 1.29 is 37.0 Å². The maximum absolute atomic E-state index is 13.2. The van der Waals surface area contributed by atoms with Crippen LogP contribution in [-0.4, -0.2) is 72.3 Å². The van der Waals surface area contributed by atoms with Gasteiger partial charge >= 0.3 is 0 Å². The largest absolute Gasteiger partial charge is 0.497 e. The zero-order valence-electron chi connectivity index (χ0n) is 28.7. The fraction of sp³-hybridized carbons (Fsp3) is 0.231. The van der Waals surface area contributed by atoms with Crippen LogP contribution >= 0.6 is 0 Å². The molecule has 4 aromatic carbocycles. The Morgan fingerprint density at radius 2 is 1.42 bits per heavy atom. The number of methoxy groups -OCH3 is 2. The van der Waals surface area contributed by atoms with Crippen molar-refractivity contribution in [1.29, 1.82) is 0 Å². The van der Waals surface area contributed by atoms with Gasteiger partial charge in [0, 0.05) is 6.20 Å². The van der Waals surface area contributed by atoms with Crippen LogP contribution in [0, 0.1) is 6.92 Å². The molecule has 6 aromatic rings. The third-order valence-electron chi connectivity index (χ3n) is 9.38. The Bertz CT molecular complexity index is 2200. The van der Waals surface area contributed by atoms with Gasteiger partial charge in [-0.15, -0.1) is 0 Å². The fourth-order valence-corrected chi connectivity index (χ4v) is 7.77. The molecule has 1 fully saturated rings. The van der Waals surface area contributed by atoms with Gasteiger partial charge in [0.1, 0.15) is 53.1 Å². The molecule has 0 spiro atoms. The molecule has 3 N–H and O–H groups in total. The van der Waals surface area contributed by atoms with E-state index in [1.165, 1.54) is 18.5 Å². The van der Waals surface area contributed by atoms with Gasteiger partial charge in [-0.05, 0) is 66.1 Å². The van der Waals surface area contributed by atoms with Gasteiger partial charge in [-0.1, -0.05) is 72.3 Å². The topological polar surface area (TPSA) is 154 Å². The Labute approximate surface area is 301 Å². The molecule has 2 aromatic heterocycles. The normalized spacial score (nSPS) is 19.1. The Morgan fingerprint density at radius 3 is 2.00 bits per heavy atom. The maximum atomic E-state index is 13.2. The van der Waals surface area contributed by atoms with Crippen molar-refractivity contribution in [2.75, 3.05) is 26.1 Å². The van der Waals surface area contributed by atoms with Crippen LogP contribution in [0.15, 0.2) is 127 Å². The molecule has 12 nitrogen and oxygen atoms in total. The average Bonchev–Trinajstić information content (AvgIpc) is 3.74. The van der Waals surface area contributed by atoms with E-state index in [1.807, 2.05) is 85.8 Å². The van der Waals surface area contributed by atoms with Crippen molar-refractivity contribution in [1.82, 2.24) is 14.5 Å². The monoisotopic (exact) mass is 722 g/mol. The maximum Gasteiger partial charge on any atom is 0.297 e. The van der Waals surface area contributed by atoms with E-state index in [-0.39, 0.29) is 4.90 Å². The van der Waals surface area contributed by atoms with E-state index in [1.54, 1.807) is 43.2 Å². The van der Waals surface area contributed by atoms with Gasteiger partial charge in [-0.2, -0.15) is 8.42 Å². The molecule has 0 amide bonds.